The molecule has 0 saturated carbocycles. The standard InChI is InChI=1S/C24H31N5O3.C15H12N2O6/c1-25-23-12-17-18(13-26-23)19(14-28(3)24(17)30)16-10-21(31-4)20(22(11-16)32-5)15-29-8-6-27(2)7-9-29;18-6-7-23-10-3-1-2-8-12(10)15(22)17(14(8)21)9-4-5-11(19)16-13(9)20/h10-14H,6-9,15H2,1-5H3,(H,25,26);1-3,6,9H,4-5,7H2,(H,16,19,20). The van der Waals surface area contributed by atoms with E-state index in [4.69, 9.17) is 14.2 Å². The predicted octanol–water partition coefficient (Wildman–Crippen LogP) is 2.07. The zero-order chi connectivity index (χ0) is 39.4. The number of benzene rings is 2. The van der Waals surface area contributed by atoms with E-state index in [9.17, 15) is 28.8 Å². The molecule has 2 fully saturated rings. The van der Waals surface area contributed by atoms with E-state index < -0.39 is 29.7 Å². The van der Waals surface area contributed by atoms with Crippen molar-refractivity contribution < 1.29 is 38.2 Å². The Labute approximate surface area is 316 Å². The number of nitrogens with zero attached hydrogens (tertiary/aromatic N) is 5. The molecule has 4 amide bonds. The summed E-state index contributed by atoms with van der Waals surface area (Å²) in [4.78, 5) is 81.5. The Morgan fingerprint density at radius 1 is 0.909 bits per heavy atom. The molecule has 5 heterocycles. The minimum absolute atomic E-state index is 0.0315. The van der Waals surface area contributed by atoms with Gasteiger partial charge in [0.25, 0.3) is 17.4 Å². The van der Waals surface area contributed by atoms with Crippen molar-refractivity contribution in [1.82, 2.24) is 29.6 Å². The molecule has 2 saturated heterocycles. The van der Waals surface area contributed by atoms with Gasteiger partial charge >= 0.3 is 0 Å². The van der Waals surface area contributed by atoms with Gasteiger partial charge in [-0.25, -0.2) is 4.98 Å². The molecule has 2 aromatic carbocycles. The van der Waals surface area contributed by atoms with Gasteiger partial charge in [-0.2, -0.15) is 0 Å². The van der Waals surface area contributed by atoms with Crippen LogP contribution >= 0.6 is 0 Å². The number of likely N-dealkylation sites (N-methyl/N-ethyl adjacent to an activating group) is 1. The lowest BCUT2D eigenvalue weighted by atomic mass is 9.99. The summed E-state index contributed by atoms with van der Waals surface area (Å²) in [5.41, 5.74) is 2.94. The van der Waals surface area contributed by atoms with Crippen molar-refractivity contribution in [3.05, 3.63) is 75.8 Å². The first-order valence-electron chi connectivity index (χ1n) is 17.7. The maximum Gasteiger partial charge on any atom is 0.266 e. The number of rotatable bonds is 10. The number of amides is 4. The van der Waals surface area contributed by atoms with Crippen LogP contribution in [0.3, 0.4) is 0 Å². The van der Waals surface area contributed by atoms with Crippen LogP contribution in [0, 0.1) is 0 Å². The molecule has 3 aliphatic heterocycles. The third-order valence-corrected chi connectivity index (χ3v) is 9.96. The highest BCUT2D eigenvalue weighted by Crippen LogP contribution is 2.38. The number of aryl methyl sites for hydroxylation is 1. The average Bonchev–Trinajstić information content (AvgIpc) is 3.45. The SMILES string of the molecule is CNc1cc2c(=O)n(C)cc(-c3cc(OC)c(CN4CCN(C)CC4)c(OC)c3)c2cn1.O=CCOc1cccc2c1C(=O)N(C1CCC(=O)NC1=O)C2=O. The summed E-state index contributed by atoms with van der Waals surface area (Å²) in [7, 11) is 9.08. The Hall–Kier alpha value is -6.13. The second kappa shape index (κ2) is 16.5. The number of carbonyl (C=O) groups excluding carboxylic acids is 5. The summed E-state index contributed by atoms with van der Waals surface area (Å²) < 4.78 is 18.4. The number of hydrogen-bond donors (Lipinski definition) is 2. The van der Waals surface area contributed by atoms with Gasteiger partial charge in [0, 0.05) is 76.6 Å². The lowest BCUT2D eigenvalue weighted by Crippen LogP contribution is -2.54. The van der Waals surface area contributed by atoms with Gasteiger partial charge in [-0.1, -0.05) is 6.07 Å². The molecule has 2 aromatic heterocycles. The van der Waals surface area contributed by atoms with Crippen LogP contribution < -0.4 is 30.4 Å². The molecule has 288 valence electrons. The van der Waals surface area contributed by atoms with Crippen LogP contribution in [0.25, 0.3) is 21.9 Å². The van der Waals surface area contributed by atoms with Crippen molar-refractivity contribution in [3.63, 3.8) is 0 Å². The minimum Gasteiger partial charge on any atom is -0.496 e. The molecule has 0 spiro atoms. The van der Waals surface area contributed by atoms with Crippen LogP contribution in [0.4, 0.5) is 5.82 Å². The Bertz CT molecular complexity index is 2200. The van der Waals surface area contributed by atoms with E-state index in [0.29, 0.717) is 17.5 Å². The molecule has 3 aliphatic rings. The zero-order valence-electron chi connectivity index (χ0n) is 31.3. The highest BCUT2D eigenvalue weighted by Gasteiger charge is 2.46. The molecule has 16 heteroatoms. The van der Waals surface area contributed by atoms with Crippen LogP contribution in [0.1, 0.15) is 39.1 Å². The molecule has 2 N–H and O–H groups in total. The Morgan fingerprint density at radius 3 is 2.25 bits per heavy atom. The first-order chi connectivity index (χ1) is 26.5. The van der Waals surface area contributed by atoms with Gasteiger partial charge in [0.1, 0.15) is 35.7 Å². The third kappa shape index (κ3) is 7.77. The summed E-state index contributed by atoms with van der Waals surface area (Å²) >= 11 is 0. The predicted molar refractivity (Wildman–Crippen MR) is 203 cm³/mol. The monoisotopic (exact) mass is 753 g/mol. The summed E-state index contributed by atoms with van der Waals surface area (Å²) in [6.45, 7) is 4.63. The molecule has 4 aromatic rings. The number of methoxy groups -OCH3 is 2. The van der Waals surface area contributed by atoms with Gasteiger partial charge in [-0.15, -0.1) is 0 Å². The molecule has 0 aliphatic carbocycles. The molecule has 7 rings (SSSR count). The molecule has 55 heavy (non-hydrogen) atoms. The number of pyridine rings is 2. The molecular weight excluding hydrogens is 710 g/mol. The molecule has 16 nitrogen and oxygen atoms in total. The first kappa shape index (κ1) is 38.6. The van der Waals surface area contributed by atoms with Crippen molar-refractivity contribution in [2.75, 3.05) is 66.4 Å². The third-order valence-electron chi connectivity index (χ3n) is 9.96. The van der Waals surface area contributed by atoms with Crippen molar-refractivity contribution in [3.8, 4) is 28.4 Å². The number of piperidine rings is 1. The fraction of sp³-hybridized carbons (Fsp3) is 0.359. The van der Waals surface area contributed by atoms with Crippen LogP contribution in [-0.2, 0) is 28.0 Å². The number of carbonyl (C=O) groups is 5. The van der Waals surface area contributed by atoms with Crippen molar-refractivity contribution in [2.45, 2.75) is 25.4 Å². The second-order valence-corrected chi connectivity index (χ2v) is 13.4. The van der Waals surface area contributed by atoms with Crippen molar-refractivity contribution in [1.29, 1.82) is 0 Å². The van der Waals surface area contributed by atoms with Gasteiger partial charge < -0.3 is 29.0 Å². The van der Waals surface area contributed by atoms with Crippen LogP contribution in [0.15, 0.2) is 53.6 Å². The fourth-order valence-electron chi connectivity index (χ4n) is 6.98. The van der Waals surface area contributed by atoms with Crippen LogP contribution in [0.5, 0.6) is 17.2 Å². The largest absolute Gasteiger partial charge is 0.496 e. The van der Waals surface area contributed by atoms with E-state index in [2.05, 4.69) is 32.5 Å². The number of ether oxygens (including phenoxy) is 3. The van der Waals surface area contributed by atoms with E-state index in [1.807, 2.05) is 18.3 Å². The molecule has 0 bridgehead atoms. The maximum atomic E-state index is 12.8. The number of aromatic nitrogens is 2. The number of imide groups is 2. The van der Waals surface area contributed by atoms with Gasteiger partial charge in [0.2, 0.25) is 11.8 Å². The van der Waals surface area contributed by atoms with E-state index in [1.165, 1.54) is 18.2 Å². The van der Waals surface area contributed by atoms with E-state index in [-0.39, 0.29) is 41.9 Å². The van der Waals surface area contributed by atoms with Crippen LogP contribution in [-0.4, -0.2) is 121 Å². The Balaban J connectivity index is 0.000000197. The van der Waals surface area contributed by atoms with E-state index >= 15 is 0 Å². The number of fused-ring (bicyclic) bond motifs is 2. The smallest absolute Gasteiger partial charge is 0.266 e. The lowest BCUT2D eigenvalue weighted by molar-refractivity contribution is -0.136. The number of aldehydes is 1. The quantitative estimate of drug-likeness (QED) is 0.178. The number of piperazine rings is 1. The fourth-order valence-corrected chi connectivity index (χ4v) is 6.98. The molecule has 1 unspecified atom stereocenters. The molecule has 0 radical (unpaired) electrons. The minimum atomic E-state index is -1.03. The second-order valence-electron chi connectivity index (χ2n) is 13.4. The highest BCUT2D eigenvalue weighted by atomic mass is 16.5. The topological polar surface area (TPSA) is 182 Å². The van der Waals surface area contributed by atoms with Gasteiger partial charge in [-0.05, 0) is 49.4 Å². The summed E-state index contributed by atoms with van der Waals surface area (Å²) in [6.07, 6.45) is 4.26. The maximum absolute atomic E-state index is 12.8. The Kier molecular flexibility index (Phi) is 11.6. The normalized spacial score (nSPS) is 17.3. The Morgan fingerprint density at radius 2 is 1.62 bits per heavy atom. The van der Waals surface area contributed by atoms with Crippen LogP contribution in [0.2, 0.25) is 0 Å². The molecular formula is C39H43N7O9. The van der Waals surface area contributed by atoms with Crippen molar-refractivity contribution >= 4 is 46.5 Å². The van der Waals surface area contributed by atoms with E-state index in [1.54, 1.807) is 45.1 Å². The summed E-state index contributed by atoms with van der Waals surface area (Å²) in [6, 6.07) is 9.27. The number of hydrogen-bond acceptors (Lipinski definition) is 13. The van der Waals surface area contributed by atoms with Gasteiger partial charge in [0.05, 0.1) is 36.3 Å². The summed E-state index contributed by atoms with van der Waals surface area (Å²) in [5.74, 6) is -0.0617. The highest BCUT2D eigenvalue weighted by molar-refractivity contribution is 6.24. The summed E-state index contributed by atoms with van der Waals surface area (Å²) in [5, 5.41) is 6.53. The lowest BCUT2D eigenvalue weighted by Gasteiger charge is -2.33. The first-order valence-corrected chi connectivity index (χ1v) is 17.7. The zero-order valence-corrected chi connectivity index (χ0v) is 31.3. The van der Waals surface area contributed by atoms with E-state index in [0.717, 1.165) is 71.2 Å². The van der Waals surface area contributed by atoms with Crippen molar-refractivity contribution in [2.24, 2.45) is 7.05 Å². The number of nitrogens with one attached hydrogen (secondary N) is 2. The average molecular weight is 754 g/mol. The molecule has 1 atom stereocenters. The van der Waals surface area contributed by atoms with Gasteiger partial charge in [0.15, 0.2) is 6.29 Å². The number of anilines is 1. The van der Waals surface area contributed by atoms with Gasteiger partial charge in [-0.3, -0.25) is 43.9 Å².